The second-order valence-electron chi connectivity index (χ2n) is 5.80. The van der Waals surface area contributed by atoms with Crippen molar-refractivity contribution in [2.75, 3.05) is 20.6 Å². The smallest absolute Gasteiger partial charge is 0.242 e. The van der Waals surface area contributed by atoms with Gasteiger partial charge in [-0.2, -0.15) is 0 Å². The zero-order valence-corrected chi connectivity index (χ0v) is 15.3. The minimum Gasteiger partial charge on any atom is -0.370 e. The van der Waals surface area contributed by atoms with Crippen molar-refractivity contribution >= 4 is 16.0 Å². The minimum atomic E-state index is -3.40. The van der Waals surface area contributed by atoms with Crippen LogP contribution in [0.3, 0.4) is 0 Å². The predicted molar refractivity (Wildman–Crippen MR) is 101 cm³/mol. The molecule has 0 bridgehead atoms. The minimum absolute atomic E-state index is 0.263. The van der Waals surface area contributed by atoms with E-state index in [2.05, 4.69) is 22.4 Å². The second kappa shape index (κ2) is 8.64. The molecule has 0 aliphatic rings. The van der Waals surface area contributed by atoms with Crippen molar-refractivity contribution in [1.82, 2.24) is 9.62 Å². The lowest BCUT2D eigenvalue weighted by Crippen LogP contribution is -2.33. The lowest BCUT2D eigenvalue weighted by molar-refractivity contribution is 0.520. The highest BCUT2D eigenvalue weighted by Crippen LogP contribution is 2.14. The van der Waals surface area contributed by atoms with Crippen LogP contribution in [0.5, 0.6) is 0 Å². The molecule has 2 aromatic carbocycles. The molecule has 0 spiro atoms. The van der Waals surface area contributed by atoms with Gasteiger partial charge >= 0.3 is 0 Å². The summed E-state index contributed by atoms with van der Waals surface area (Å²) in [6, 6.07) is 16.8. The van der Waals surface area contributed by atoms with E-state index in [1.54, 1.807) is 24.3 Å². The first-order chi connectivity index (χ1) is 11.9. The van der Waals surface area contributed by atoms with Gasteiger partial charge in [0.2, 0.25) is 10.0 Å². The second-order valence-corrected chi connectivity index (χ2v) is 7.95. The van der Waals surface area contributed by atoms with E-state index in [9.17, 15) is 8.42 Å². The van der Waals surface area contributed by atoms with E-state index in [-0.39, 0.29) is 4.90 Å². The monoisotopic (exact) mass is 360 g/mol. The molecule has 0 saturated heterocycles. The molecule has 0 aliphatic heterocycles. The van der Waals surface area contributed by atoms with Gasteiger partial charge in [0.15, 0.2) is 5.96 Å². The zero-order chi connectivity index (χ0) is 18.3. The maximum Gasteiger partial charge on any atom is 0.242 e. The third kappa shape index (κ3) is 5.58. The van der Waals surface area contributed by atoms with Crippen LogP contribution in [0.25, 0.3) is 0 Å². The fourth-order valence-electron chi connectivity index (χ4n) is 2.19. The van der Waals surface area contributed by atoms with Crippen LogP contribution in [0.2, 0.25) is 0 Å². The zero-order valence-electron chi connectivity index (χ0n) is 14.5. The van der Waals surface area contributed by atoms with E-state index < -0.39 is 10.0 Å². The van der Waals surface area contributed by atoms with Crippen LogP contribution < -0.4 is 11.1 Å². The topological polar surface area (TPSA) is 87.8 Å². The van der Waals surface area contributed by atoms with Crippen LogP contribution >= 0.6 is 0 Å². The third-order valence-corrected chi connectivity index (χ3v) is 5.53. The summed E-state index contributed by atoms with van der Waals surface area (Å²) < 4.78 is 25.2. The number of benzene rings is 2. The molecule has 3 N–H and O–H groups in total. The van der Waals surface area contributed by atoms with Gasteiger partial charge < -0.3 is 11.1 Å². The molecular weight excluding hydrogens is 336 g/mol. The van der Waals surface area contributed by atoms with Gasteiger partial charge in [-0.3, -0.25) is 0 Å². The Kier molecular flexibility index (Phi) is 6.55. The predicted octanol–water partition coefficient (Wildman–Crippen LogP) is 1.58. The molecule has 0 fully saturated rings. The lowest BCUT2D eigenvalue weighted by Gasteiger charge is -2.11. The Morgan fingerprint density at radius 2 is 1.68 bits per heavy atom. The summed E-state index contributed by atoms with van der Waals surface area (Å²) in [7, 11) is -0.384. The number of hydrogen-bond donors (Lipinski definition) is 2. The molecule has 0 unspecified atom stereocenters. The van der Waals surface area contributed by atoms with Crippen molar-refractivity contribution in [2.24, 2.45) is 10.7 Å². The summed E-state index contributed by atoms with van der Waals surface area (Å²) in [6.07, 6.45) is 0.869. The van der Waals surface area contributed by atoms with E-state index >= 15 is 0 Å². The Morgan fingerprint density at radius 3 is 2.28 bits per heavy atom. The molecule has 0 heterocycles. The van der Waals surface area contributed by atoms with Gasteiger partial charge in [0.05, 0.1) is 11.4 Å². The molecule has 7 heteroatoms. The number of guanidine groups is 1. The van der Waals surface area contributed by atoms with Crippen molar-refractivity contribution in [2.45, 2.75) is 17.9 Å². The Hall–Kier alpha value is -2.38. The molecule has 134 valence electrons. The molecule has 2 aromatic rings. The Morgan fingerprint density at radius 1 is 1.04 bits per heavy atom. The van der Waals surface area contributed by atoms with Gasteiger partial charge in [0.25, 0.3) is 0 Å². The van der Waals surface area contributed by atoms with E-state index in [4.69, 9.17) is 5.73 Å². The van der Waals surface area contributed by atoms with Crippen LogP contribution in [0, 0.1) is 0 Å². The van der Waals surface area contributed by atoms with Crippen molar-refractivity contribution in [1.29, 1.82) is 0 Å². The first kappa shape index (κ1) is 19.0. The highest BCUT2D eigenvalue weighted by atomic mass is 32.2. The fourth-order valence-corrected chi connectivity index (χ4v) is 3.09. The molecule has 0 amide bonds. The lowest BCUT2D eigenvalue weighted by atomic mass is 10.1. The maximum absolute atomic E-state index is 12.0. The highest BCUT2D eigenvalue weighted by molar-refractivity contribution is 7.89. The maximum atomic E-state index is 12.0. The summed E-state index contributed by atoms with van der Waals surface area (Å²) >= 11 is 0. The van der Waals surface area contributed by atoms with Gasteiger partial charge in [0, 0.05) is 20.6 Å². The summed E-state index contributed by atoms with van der Waals surface area (Å²) in [6.45, 7) is 1.10. The first-order valence-corrected chi connectivity index (χ1v) is 9.43. The standard InChI is InChI=1S/C18H24N4O2S/c1-22(2)25(23,24)17-10-8-16(9-11-17)14-21-18(19)20-13-12-15-6-4-3-5-7-15/h3-11H,12-14H2,1-2H3,(H3,19,20,21). The third-order valence-electron chi connectivity index (χ3n) is 3.70. The SMILES string of the molecule is CN(C)S(=O)(=O)c1ccc(CN=C(N)NCCc2ccccc2)cc1. The molecule has 0 aliphatic carbocycles. The largest absolute Gasteiger partial charge is 0.370 e. The summed E-state index contributed by atoms with van der Waals surface area (Å²) in [5.41, 5.74) is 7.99. The molecule has 25 heavy (non-hydrogen) atoms. The number of nitrogens with one attached hydrogen (secondary N) is 1. The molecule has 6 nitrogen and oxygen atoms in total. The van der Waals surface area contributed by atoms with Crippen molar-refractivity contribution in [3.8, 4) is 0 Å². The summed E-state index contributed by atoms with van der Waals surface area (Å²) in [5.74, 6) is 0.376. The van der Waals surface area contributed by atoms with E-state index in [1.807, 2.05) is 18.2 Å². The number of hydrogen-bond acceptors (Lipinski definition) is 3. The van der Waals surface area contributed by atoms with E-state index in [1.165, 1.54) is 24.0 Å². The van der Waals surface area contributed by atoms with Gasteiger partial charge in [-0.15, -0.1) is 0 Å². The van der Waals surface area contributed by atoms with E-state index in [0.717, 1.165) is 12.0 Å². The van der Waals surface area contributed by atoms with Crippen LogP contribution in [0.4, 0.5) is 0 Å². The van der Waals surface area contributed by atoms with Crippen LogP contribution in [-0.2, 0) is 23.0 Å². The average molecular weight is 360 g/mol. The number of rotatable bonds is 7. The van der Waals surface area contributed by atoms with Crippen LogP contribution in [0.1, 0.15) is 11.1 Å². The quantitative estimate of drug-likeness (QED) is 0.580. The molecule has 0 radical (unpaired) electrons. The molecule has 0 saturated carbocycles. The summed E-state index contributed by atoms with van der Waals surface area (Å²) in [4.78, 5) is 4.54. The number of nitrogens with zero attached hydrogens (tertiary/aromatic N) is 2. The molecule has 0 aromatic heterocycles. The van der Waals surface area contributed by atoms with E-state index in [0.29, 0.717) is 19.0 Å². The number of sulfonamides is 1. The van der Waals surface area contributed by atoms with Gasteiger partial charge in [0.1, 0.15) is 0 Å². The highest BCUT2D eigenvalue weighted by Gasteiger charge is 2.16. The van der Waals surface area contributed by atoms with Crippen LogP contribution in [-0.4, -0.2) is 39.3 Å². The first-order valence-electron chi connectivity index (χ1n) is 7.99. The average Bonchev–Trinajstić information content (AvgIpc) is 2.61. The number of aliphatic imine (C=N–C) groups is 1. The fraction of sp³-hybridized carbons (Fsp3) is 0.278. The van der Waals surface area contributed by atoms with Crippen molar-refractivity contribution in [3.63, 3.8) is 0 Å². The van der Waals surface area contributed by atoms with Gasteiger partial charge in [-0.25, -0.2) is 17.7 Å². The van der Waals surface area contributed by atoms with Crippen molar-refractivity contribution in [3.05, 3.63) is 65.7 Å². The van der Waals surface area contributed by atoms with Crippen LogP contribution in [0.15, 0.2) is 64.5 Å². The Balaban J connectivity index is 1.86. The normalized spacial score (nSPS) is 12.4. The van der Waals surface area contributed by atoms with Gasteiger partial charge in [-0.1, -0.05) is 42.5 Å². The number of nitrogens with two attached hydrogens (primary N) is 1. The Bertz CT molecular complexity index is 801. The summed E-state index contributed by atoms with van der Waals surface area (Å²) in [5, 5.41) is 3.08. The van der Waals surface area contributed by atoms with Crippen molar-refractivity contribution < 1.29 is 8.42 Å². The Labute approximate surface area is 149 Å². The van der Waals surface area contributed by atoms with Gasteiger partial charge in [-0.05, 0) is 29.7 Å². The molecule has 2 rings (SSSR count). The molecular formula is C18H24N4O2S. The molecule has 0 atom stereocenters.